The van der Waals surface area contributed by atoms with Gasteiger partial charge in [0.25, 0.3) is 0 Å². The highest BCUT2D eigenvalue weighted by Gasteiger charge is 2.18. The maximum Gasteiger partial charge on any atom is 0.187 e. The molecule has 102 heavy (non-hydrogen) atoms. The number of ketones is 4. The molecule has 0 amide bonds. The average Bonchev–Trinajstić information content (AvgIpc) is 0.859. The normalized spacial score (nSPS) is 10.4. The van der Waals surface area contributed by atoms with E-state index >= 15 is 0 Å². The van der Waals surface area contributed by atoms with Crippen LogP contribution in [-0.4, -0.2) is 82.9 Å². The predicted octanol–water partition coefficient (Wildman–Crippen LogP) is 16.4. The van der Waals surface area contributed by atoms with Crippen LogP contribution in [0.2, 0.25) is 15.1 Å². The largest absolute Gasteiger partial charge is 0.456 e. The third kappa shape index (κ3) is 23.1. The molecule has 12 aromatic heterocycles. The number of halogens is 3. The molecule has 0 aliphatic heterocycles. The summed E-state index contributed by atoms with van der Waals surface area (Å²) in [6.45, 7) is 13.0. The number of aryl methyl sites for hydroxylation is 7. The van der Waals surface area contributed by atoms with E-state index in [-0.39, 0.29) is 48.8 Å². The zero-order valence-electron chi connectivity index (χ0n) is 56.2. The van der Waals surface area contributed by atoms with Gasteiger partial charge in [0.05, 0.1) is 65.5 Å². The highest BCUT2D eigenvalue weighted by atomic mass is 35.5. The number of aromatic nitrogens is 12. The number of nitrogens with zero attached hydrogens (tertiary/aromatic N) is 12. The summed E-state index contributed by atoms with van der Waals surface area (Å²) in [6, 6.07) is 38.4. The van der Waals surface area contributed by atoms with Crippen LogP contribution in [0.5, 0.6) is 46.0 Å². The monoisotopic (exact) mass is 1410 g/mol. The van der Waals surface area contributed by atoms with Crippen molar-refractivity contribution in [3.05, 3.63) is 307 Å². The molecule has 0 aliphatic carbocycles. The summed E-state index contributed by atoms with van der Waals surface area (Å²) in [6.07, 6.45) is 26.9. The molecule has 23 heteroatoms. The fourth-order valence-corrected chi connectivity index (χ4v) is 9.87. The number of rotatable bonds is 20. The molecule has 0 fully saturated rings. The number of hydrogen-bond acceptors (Lipinski definition) is 20. The molecule has 0 unspecified atom stereocenters. The molecule has 0 N–H and O–H groups in total. The second-order valence-electron chi connectivity index (χ2n) is 22.7. The summed E-state index contributed by atoms with van der Waals surface area (Å²) >= 11 is 17.7. The van der Waals surface area contributed by atoms with E-state index in [9.17, 15) is 19.2 Å². The Bertz CT molecular complexity index is 5090. The third-order valence-electron chi connectivity index (χ3n) is 14.2. The predicted molar refractivity (Wildman–Crippen MR) is 387 cm³/mol. The minimum absolute atomic E-state index is 0.112. The van der Waals surface area contributed by atoms with Crippen LogP contribution < -0.4 is 18.9 Å². The van der Waals surface area contributed by atoms with Gasteiger partial charge >= 0.3 is 0 Å². The molecule has 12 aromatic rings. The number of carbonyl (C=O) groups excluding carboxylic acids is 4. The van der Waals surface area contributed by atoms with E-state index in [1.54, 1.807) is 153 Å². The molecule has 12 heterocycles. The van der Waals surface area contributed by atoms with Crippen molar-refractivity contribution in [2.45, 2.75) is 74.1 Å². The highest BCUT2D eigenvalue weighted by Crippen LogP contribution is 2.29. The van der Waals surface area contributed by atoms with Crippen molar-refractivity contribution in [2.75, 3.05) is 0 Å². The Morgan fingerprint density at radius 3 is 1.04 bits per heavy atom. The molecule has 20 nitrogen and oxygen atoms in total. The number of ether oxygens (including phenoxy) is 4. The Kier molecular flexibility index (Phi) is 26.1. The van der Waals surface area contributed by atoms with Crippen molar-refractivity contribution in [3.63, 3.8) is 0 Å². The summed E-state index contributed by atoms with van der Waals surface area (Å²) in [7, 11) is 0. The van der Waals surface area contributed by atoms with Crippen molar-refractivity contribution in [2.24, 2.45) is 0 Å². The fourth-order valence-electron chi connectivity index (χ4n) is 9.38. The van der Waals surface area contributed by atoms with E-state index in [0.717, 1.165) is 28.3 Å². The first-order chi connectivity index (χ1) is 49.1. The first-order valence-corrected chi connectivity index (χ1v) is 32.4. The minimum Gasteiger partial charge on any atom is -0.456 e. The first-order valence-electron chi connectivity index (χ1n) is 31.3. The van der Waals surface area contributed by atoms with Gasteiger partial charge in [0.15, 0.2) is 23.1 Å². The molecule has 0 spiro atoms. The van der Waals surface area contributed by atoms with Crippen molar-refractivity contribution in [1.29, 1.82) is 0 Å². The average molecular weight is 1410 g/mol. The van der Waals surface area contributed by atoms with E-state index in [4.69, 9.17) is 66.6 Å². The van der Waals surface area contributed by atoms with Crippen LogP contribution in [0.4, 0.5) is 0 Å². The summed E-state index contributed by atoms with van der Waals surface area (Å²) in [5, 5.41) is 1.42. The van der Waals surface area contributed by atoms with Crippen molar-refractivity contribution in [1.82, 2.24) is 59.8 Å². The van der Waals surface area contributed by atoms with Gasteiger partial charge in [-0.2, -0.15) is 0 Å². The van der Waals surface area contributed by atoms with E-state index in [0.29, 0.717) is 129 Å². The van der Waals surface area contributed by atoms with Crippen molar-refractivity contribution in [3.8, 4) is 70.7 Å². The first kappa shape index (κ1) is 73.9. The van der Waals surface area contributed by atoms with Gasteiger partial charge in [-0.3, -0.25) is 59.0 Å². The molecular weight excluding hydrogens is 1350 g/mol. The maximum absolute atomic E-state index is 12.6. The molecule has 0 aliphatic rings. The second kappa shape index (κ2) is 36.0. The zero-order chi connectivity index (χ0) is 72.7. The topological polar surface area (TPSA) is 260 Å². The van der Waals surface area contributed by atoms with Gasteiger partial charge < -0.3 is 18.9 Å². The Hall–Kier alpha value is -12.3. The van der Waals surface area contributed by atoms with Crippen LogP contribution in [0.25, 0.3) is 0 Å². The van der Waals surface area contributed by atoms with Gasteiger partial charge in [-0.25, -0.2) is 19.9 Å². The highest BCUT2D eigenvalue weighted by molar-refractivity contribution is 6.31. The van der Waals surface area contributed by atoms with Crippen molar-refractivity contribution < 1.29 is 38.1 Å². The fraction of sp³-hybridized carbons (Fsp3) is 0.139. The molecule has 0 saturated heterocycles. The lowest BCUT2D eigenvalue weighted by Crippen LogP contribution is -2.09. The lowest BCUT2D eigenvalue weighted by atomic mass is 10.1. The zero-order valence-corrected chi connectivity index (χ0v) is 58.5. The van der Waals surface area contributed by atoms with Gasteiger partial charge in [0.1, 0.15) is 68.8 Å². The van der Waals surface area contributed by atoms with Gasteiger partial charge in [-0.15, -0.1) is 12.8 Å². The number of pyridine rings is 12. The van der Waals surface area contributed by atoms with Gasteiger partial charge in [0, 0.05) is 172 Å². The Morgan fingerprint density at radius 2 is 0.706 bits per heavy atom. The Morgan fingerprint density at radius 1 is 0.343 bits per heavy atom. The quantitative estimate of drug-likeness (QED) is 0.0507. The SMILES string of the molecule is C#Cc1ccc(CC(=O)c2cc(Oc3cccnc3)cc(C)n2)nc1.C#Cc1ccc(CC(=O)c2cc(Oc3cncc(Cl)c3)cc(C)n2)nc1.Cc1cc(Oc2cncc(Cl)c2)cc(C(=O)Cc2ccc(C)c(C)n2)n1.Cc1cccc(CC(=O)c2cc(Oc3cncc(Cl)c3)cc(C)n2)n1. The van der Waals surface area contributed by atoms with Crippen LogP contribution >= 0.6 is 34.8 Å². The van der Waals surface area contributed by atoms with E-state index in [1.165, 1.54) is 18.6 Å². The molecule has 0 saturated carbocycles. The molecule has 0 atom stereocenters. The standard InChI is InChI=1S/C20H18ClN3O2.C20H14ClN3O2.C20H15N3O2.C19H16ClN3O2/c1-12-4-5-16(24-14(12)3)8-20(25)19-9-17(6-13(2)23-19)26-18-7-15(21)10-22-11-18;1-3-14-4-5-16(23-10-14)8-20(25)19-9-17(6-13(2)24-19)26-18-7-15(21)11-22-12-18;1-3-15-6-7-16(22-12-15)10-20(24)19-11-18(9-14(2)23-19)25-17-5-4-8-21-13-17;1-12-4-3-5-15(22-12)8-19(24)18-9-16(6-13(2)23-18)25-17-7-14(20)10-21-11-17/h4-7,9-11H,8H2,1-3H3;1,4-7,9-12H,8H2,2H3;1,4-9,11-13H,10H2,2H3;3-7,9-11H,8H2,1-2H3. The van der Waals surface area contributed by atoms with Gasteiger partial charge in [0.2, 0.25) is 0 Å². The van der Waals surface area contributed by atoms with Crippen LogP contribution in [-0.2, 0) is 25.7 Å². The summed E-state index contributed by atoms with van der Waals surface area (Å²) < 4.78 is 23.0. The van der Waals surface area contributed by atoms with E-state index < -0.39 is 0 Å². The number of hydrogen-bond donors (Lipinski definition) is 0. The van der Waals surface area contributed by atoms with E-state index in [2.05, 4.69) is 71.6 Å². The number of carbonyl (C=O) groups is 4. The molecule has 0 radical (unpaired) electrons. The van der Waals surface area contributed by atoms with Crippen LogP contribution in [0.15, 0.2) is 195 Å². The summed E-state index contributed by atoms with van der Waals surface area (Å²) in [5.74, 6) is 8.58. The summed E-state index contributed by atoms with van der Waals surface area (Å²) in [5.41, 5.74) is 11.0. The second-order valence-corrected chi connectivity index (χ2v) is 24.0. The van der Waals surface area contributed by atoms with Crippen LogP contribution in [0.3, 0.4) is 0 Å². The molecule has 12 rings (SSSR count). The molecule has 0 aromatic carbocycles. The number of terminal acetylenes is 2. The lowest BCUT2D eigenvalue weighted by Gasteiger charge is -2.09. The molecule has 0 bridgehead atoms. The molecular formula is C79H63Cl3N12O8. The number of Topliss-reactive ketones (excluding diaryl/α,β-unsaturated/α-hetero) is 4. The maximum atomic E-state index is 12.6. The summed E-state index contributed by atoms with van der Waals surface area (Å²) in [4.78, 5) is 101. The molecule has 508 valence electrons. The van der Waals surface area contributed by atoms with Gasteiger partial charge in [-0.1, -0.05) is 58.8 Å². The van der Waals surface area contributed by atoms with Gasteiger partial charge in [-0.05, 0) is 109 Å². The third-order valence-corrected chi connectivity index (χ3v) is 14.8. The smallest absolute Gasteiger partial charge is 0.187 e. The lowest BCUT2D eigenvalue weighted by molar-refractivity contribution is 0.0978. The van der Waals surface area contributed by atoms with Crippen LogP contribution in [0.1, 0.15) is 116 Å². The van der Waals surface area contributed by atoms with Crippen molar-refractivity contribution >= 4 is 57.9 Å². The minimum atomic E-state index is -0.163. The van der Waals surface area contributed by atoms with Crippen LogP contribution in [0, 0.1) is 73.2 Å². The Balaban J connectivity index is 0.000000158. The van der Waals surface area contributed by atoms with E-state index in [1.807, 2.05) is 71.9 Å². The Labute approximate surface area is 604 Å².